The zero-order valence-corrected chi connectivity index (χ0v) is 9.57. The van der Waals surface area contributed by atoms with Gasteiger partial charge in [-0.05, 0) is 30.4 Å². The van der Waals surface area contributed by atoms with E-state index in [4.69, 9.17) is 11.5 Å². The third-order valence-electron chi connectivity index (χ3n) is 3.35. The van der Waals surface area contributed by atoms with Gasteiger partial charge in [0.2, 0.25) is 5.91 Å². The molecule has 0 saturated heterocycles. The molecule has 0 radical (unpaired) electrons. The summed E-state index contributed by atoms with van der Waals surface area (Å²) in [5.41, 5.74) is 13.6. The molecule has 1 aromatic rings. The first-order valence-corrected chi connectivity index (χ1v) is 5.69. The highest BCUT2D eigenvalue weighted by atomic mass is 16.1. The third kappa shape index (κ3) is 2.25. The summed E-state index contributed by atoms with van der Waals surface area (Å²) in [6.07, 6.45) is 2.85. The molecule has 1 saturated carbocycles. The molecule has 4 N–H and O–H groups in total. The van der Waals surface area contributed by atoms with E-state index in [0.717, 1.165) is 18.4 Å². The summed E-state index contributed by atoms with van der Waals surface area (Å²) in [5.74, 6) is -0.361. The summed E-state index contributed by atoms with van der Waals surface area (Å²) in [6.45, 7) is 1.85. The van der Waals surface area contributed by atoms with E-state index in [0.29, 0.717) is 6.42 Å². The molecule has 1 fully saturated rings. The predicted molar refractivity (Wildman–Crippen MR) is 63.6 cm³/mol. The van der Waals surface area contributed by atoms with Crippen molar-refractivity contribution in [2.75, 3.05) is 0 Å². The molecule has 1 aliphatic rings. The molecule has 0 aromatic heterocycles. The van der Waals surface area contributed by atoms with E-state index in [1.54, 1.807) is 0 Å². The van der Waals surface area contributed by atoms with Gasteiger partial charge in [0.1, 0.15) is 0 Å². The van der Waals surface area contributed by atoms with Crippen molar-refractivity contribution in [3.63, 3.8) is 0 Å². The first-order valence-electron chi connectivity index (χ1n) is 5.69. The normalized spacial score (nSPS) is 19.1. The summed E-state index contributed by atoms with van der Waals surface area (Å²) in [7, 11) is 0. The maximum atomic E-state index is 10.9. The van der Waals surface area contributed by atoms with Gasteiger partial charge in [-0.15, -0.1) is 0 Å². The lowest BCUT2D eigenvalue weighted by atomic mass is 9.97. The average Bonchev–Trinajstić information content (AvgIpc) is 2.98. The molecular formula is C13H18N2O. The molecular weight excluding hydrogens is 200 g/mol. The third-order valence-corrected chi connectivity index (χ3v) is 3.35. The number of amides is 1. The summed E-state index contributed by atoms with van der Waals surface area (Å²) in [5, 5.41) is 0. The van der Waals surface area contributed by atoms with Gasteiger partial charge >= 0.3 is 0 Å². The molecule has 3 nitrogen and oxygen atoms in total. The monoisotopic (exact) mass is 218 g/mol. The standard InChI is InChI=1S/C13H18N2O/c1-9(12(14)16)8-10-2-4-11(5-3-10)13(15)6-7-13/h2-5,9H,6-8,15H2,1H3,(H2,14,16). The molecule has 0 aliphatic heterocycles. The van der Waals surface area contributed by atoms with E-state index in [9.17, 15) is 4.79 Å². The van der Waals surface area contributed by atoms with Gasteiger partial charge in [-0.1, -0.05) is 31.2 Å². The van der Waals surface area contributed by atoms with Crippen molar-refractivity contribution in [3.8, 4) is 0 Å². The Bertz CT molecular complexity index is 393. The van der Waals surface area contributed by atoms with Crippen LogP contribution in [0.5, 0.6) is 0 Å². The second-order valence-electron chi connectivity index (χ2n) is 4.86. The van der Waals surface area contributed by atoms with Crippen molar-refractivity contribution >= 4 is 5.91 Å². The number of primary amides is 1. The number of carbonyl (C=O) groups excluding carboxylic acids is 1. The minimum Gasteiger partial charge on any atom is -0.369 e. The summed E-state index contributed by atoms with van der Waals surface area (Å²) in [6, 6.07) is 8.22. The van der Waals surface area contributed by atoms with Crippen molar-refractivity contribution in [1.29, 1.82) is 0 Å². The second kappa shape index (κ2) is 3.91. The lowest BCUT2D eigenvalue weighted by Gasteiger charge is -2.11. The first-order chi connectivity index (χ1) is 7.51. The van der Waals surface area contributed by atoms with Crippen molar-refractivity contribution in [3.05, 3.63) is 35.4 Å². The average molecular weight is 218 g/mol. The van der Waals surface area contributed by atoms with Crippen molar-refractivity contribution in [2.24, 2.45) is 17.4 Å². The molecule has 1 atom stereocenters. The van der Waals surface area contributed by atoms with Crippen LogP contribution in [0, 0.1) is 5.92 Å². The number of hydrogen-bond acceptors (Lipinski definition) is 2. The quantitative estimate of drug-likeness (QED) is 0.799. The Kier molecular flexibility index (Phi) is 2.72. The molecule has 86 valence electrons. The number of nitrogens with two attached hydrogens (primary N) is 2. The Morgan fingerprint density at radius 3 is 2.38 bits per heavy atom. The van der Waals surface area contributed by atoms with Gasteiger partial charge in [-0.2, -0.15) is 0 Å². The molecule has 1 aromatic carbocycles. The van der Waals surface area contributed by atoms with Gasteiger partial charge in [0.15, 0.2) is 0 Å². The van der Waals surface area contributed by atoms with Gasteiger partial charge < -0.3 is 11.5 Å². The number of benzene rings is 1. The van der Waals surface area contributed by atoms with Crippen LogP contribution in [0.15, 0.2) is 24.3 Å². The van der Waals surface area contributed by atoms with E-state index >= 15 is 0 Å². The zero-order valence-electron chi connectivity index (χ0n) is 9.57. The molecule has 0 bridgehead atoms. The lowest BCUT2D eigenvalue weighted by Crippen LogP contribution is -2.22. The van der Waals surface area contributed by atoms with Crippen LogP contribution in [0.4, 0.5) is 0 Å². The predicted octanol–water partition coefficient (Wildman–Crippen LogP) is 1.30. The van der Waals surface area contributed by atoms with Crippen LogP contribution in [0.3, 0.4) is 0 Å². The van der Waals surface area contributed by atoms with Crippen molar-refractivity contribution in [2.45, 2.75) is 31.7 Å². The summed E-state index contributed by atoms with van der Waals surface area (Å²) in [4.78, 5) is 10.9. The smallest absolute Gasteiger partial charge is 0.220 e. The molecule has 16 heavy (non-hydrogen) atoms. The Hall–Kier alpha value is -1.35. The minimum absolute atomic E-state index is 0.0756. The molecule has 0 heterocycles. The van der Waals surface area contributed by atoms with Gasteiger partial charge in [0.25, 0.3) is 0 Å². The van der Waals surface area contributed by atoms with Crippen molar-refractivity contribution < 1.29 is 4.79 Å². The van der Waals surface area contributed by atoms with Crippen LogP contribution in [-0.2, 0) is 16.8 Å². The fraction of sp³-hybridized carbons (Fsp3) is 0.462. The Balaban J connectivity index is 2.05. The SMILES string of the molecule is CC(Cc1ccc(C2(N)CC2)cc1)C(N)=O. The van der Waals surface area contributed by atoms with Gasteiger partial charge in [-0.25, -0.2) is 0 Å². The van der Waals surface area contributed by atoms with Crippen LogP contribution in [0.1, 0.15) is 30.9 Å². The maximum absolute atomic E-state index is 10.9. The maximum Gasteiger partial charge on any atom is 0.220 e. The molecule has 1 unspecified atom stereocenters. The van der Waals surface area contributed by atoms with Crippen LogP contribution in [-0.4, -0.2) is 5.91 Å². The Morgan fingerprint density at radius 1 is 1.38 bits per heavy atom. The Morgan fingerprint density at radius 2 is 1.94 bits per heavy atom. The van der Waals surface area contributed by atoms with E-state index in [1.807, 2.05) is 19.1 Å². The second-order valence-corrected chi connectivity index (χ2v) is 4.86. The van der Waals surface area contributed by atoms with Crippen LogP contribution in [0.2, 0.25) is 0 Å². The molecule has 2 rings (SSSR count). The van der Waals surface area contributed by atoms with E-state index in [-0.39, 0.29) is 17.4 Å². The van der Waals surface area contributed by atoms with E-state index < -0.39 is 0 Å². The van der Waals surface area contributed by atoms with Crippen LogP contribution in [0.25, 0.3) is 0 Å². The topological polar surface area (TPSA) is 69.1 Å². The highest BCUT2D eigenvalue weighted by Crippen LogP contribution is 2.42. The fourth-order valence-corrected chi connectivity index (χ4v) is 1.85. The number of rotatable bonds is 4. The summed E-state index contributed by atoms with van der Waals surface area (Å²) >= 11 is 0. The summed E-state index contributed by atoms with van der Waals surface area (Å²) < 4.78 is 0. The number of hydrogen-bond donors (Lipinski definition) is 2. The zero-order chi connectivity index (χ0) is 11.8. The molecule has 0 spiro atoms. The highest BCUT2D eigenvalue weighted by molar-refractivity contribution is 5.76. The molecule has 1 aliphatic carbocycles. The highest BCUT2D eigenvalue weighted by Gasteiger charge is 2.39. The number of carbonyl (C=O) groups is 1. The van der Waals surface area contributed by atoms with E-state index in [1.165, 1.54) is 5.56 Å². The van der Waals surface area contributed by atoms with E-state index in [2.05, 4.69) is 12.1 Å². The van der Waals surface area contributed by atoms with Crippen LogP contribution < -0.4 is 11.5 Å². The largest absolute Gasteiger partial charge is 0.369 e. The first kappa shape index (κ1) is 11.1. The van der Waals surface area contributed by atoms with Gasteiger partial charge in [0.05, 0.1) is 0 Å². The molecule has 3 heteroatoms. The van der Waals surface area contributed by atoms with Crippen LogP contribution >= 0.6 is 0 Å². The fourth-order valence-electron chi connectivity index (χ4n) is 1.85. The minimum atomic E-state index is -0.249. The Labute approximate surface area is 95.8 Å². The molecule has 1 amide bonds. The lowest BCUT2D eigenvalue weighted by molar-refractivity contribution is -0.121. The van der Waals surface area contributed by atoms with Gasteiger partial charge in [0, 0.05) is 11.5 Å². The van der Waals surface area contributed by atoms with Gasteiger partial charge in [-0.3, -0.25) is 4.79 Å². The van der Waals surface area contributed by atoms with Crippen molar-refractivity contribution in [1.82, 2.24) is 0 Å².